The fourth-order valence-electron chi connectivity index (χ4n) is 4.62. The highest BCUT2D eigenvalue weighted by Crippen LogP contribution is 2.36. The summed E-state index contributed by atoms with van der Waals surface area (Å²) in [5.41, 5.74) is -3.12. The second kappa shape index (κ2) is 11.9. The summed E-state index contributed by atoms with van der Waals surface area (Å²) in [6, 6.07) is 2.58. The van der Waals surface area contributed by atoms with Gasteiger partial charge in [-0.2, -0.15) is 18.3 Å². The van der Waals surface area contributed by atoms with E-state index in [0.717, 1.165) is 24.4 Å². The maximum atomic E-state index is 15.0. The molecule has 1 aliphatic rings. The van der Waals surface area contributed by atoms with E-state index >= 15 is 0 Å². The van der Waals surface area contributed by atoms with Crippen LogP contribution in [0.4, 0.5) is 29.2 Å². The first kappa shape index (κ1) is 31.3. The Kier molecular flexibility index (Phi) is 8.89. The van der Waals surface area contributed by atoms with Crippen LogP contribution in [0, 0.1) is 11.7 Å². The van der Waals surface area contributed by atoms with Crippen molar-refractivity contribution in [2.45, 2.75) is 68.8 Å². The zero-order valence-corrected chi connectivity index (χ0v) is 23.8. The number of halogens is 4. The molecule has 1 saturated carbocycles. The van der Waals surface area contributed by atoms with E-state index in [0.29, 0.717) is 31.9 Å². The van der Waals surface area contributed by atoms with Crippen LogP contribution in [0.25, 0.3) is 11.3 Å². The van der Waals surface area contributed by atoms with Gasteiger partial charge in [-0.05, 0) is 57.7 Å². The molecule has 1 aromatic carbocycles. The lowest BCUT2D eigenvalue weighted by Crippen LogP contribution is -2.38. The first-order chi connectivity index (χ1) is 19.6. The van der Waals surface area contributed by atoms with Crippen LogP contribution in [0.5, 0.6) is 0 Å². The fourth-order valence-corrected chi connectivity index (χ4v) is 5.94. The molecule has 0 bridgehead atoms. The van der Waals surface area contributed by atoms with Crippen molar-refractivity contribution in [3.05, 3.63) is 48.2 Å². The van der Waals surface area contributed by atoms with Crippen molar-refractivity contribution in [1.82, 2.24) is 24.5 Å². The number of esters is 1. The van der Waals surface area contributed by atoms with Gasteiger partial charge >= 0.3 is 12.1 Å². The SMILES string of the molecule is COC(=O)C1CCC(NS(=O)(=O)c2ccc(Nc3ncc(C(F)(F)F)c(-c4cnn(CC(C)(C)O)c4)n3)c(F)c2)CC1. The molecule has 0 spiro atoms. The number of carbonyl (C=O) groups is 1. The number of nitrogens with zero attached hydrogens (tertiary/aromatic N) is 4. The van der Waals surface area contributed by atoms with E-state index in [-0.39, 0.29) is 40.5 Å². The van der Waals surface area contributed by atoms with Crippen molar-refractivity contribution in [3.63, 3.8) is 0 Å². The minimum Gasteiger partial charge on any atom is -0.469 e. The zero-order chi connectivity index (χ0) is 30.9. The molecular weight excluding hydrogens is 584 g/mol. The Labute approximate surface area is 239 Å². The van der Waals surface area contributed by atoms with E-state index in [2.05, 4.69) is 25.1 Å². The summed E-state index contributed by atoms with van der Waals surface area (Å²) >= 11 is 0. The summed E-state index contributed by atoms with van der Waals surface area (Å²) in [5, 5.41) is 16.5. The number of hydrogen-bond donors (Lipinski definition) is 3. The summed E-state index contributed by atoms with van der Waals surface area (Å²) in [6.45, 7) is 3.04. The van der Waals surface area contributed by atoms with Gasteiger partial charge in [-0.3, -0.25) is 9.48 Å². The highest BCUT2D eigenvalue weighted by atomic mass is 32.2. The van der Waals surface area contributed by atoms with Crippen molar-refractivity contribution in [3.8, 4) is 11.3 Å². The van der Waals surface area contributed by atoms with E-state index in [1.165, 1.54) is 31.8 Å². The van der Waals surface area contributed by atoms with Crippen molar-refractivity contribution in [2.24, 2.45) is 5.92 Å². The van der Waals surface area contributed by atoms with E-state index < -0.39 is 44.9 Å². The highest BCUT2D eigenvalue weighted by molar-refractivity contribution is 7.89. The quantitative estimate of drug-likeness (QED) is 0.240. The smallest absolute Gasteiger partial charge is 0.419 e. The minimum absolute atomic E-state index is 0.00856. The lowest BCUT2D eigenvalue weighted by molar-refractivity contribution is -0.146. The third-order valence-corrected chi connectivity index (χ3v) is 8.15. The number of aromatic nitrogens is 4. The third kappa shape index (κ3) is 7.60. The Morgan fingerprint density at radius 2 is 1.86 bits per heavy atom. The molecule has 2 aromatic heterocycles. The van der Waals surface area contributed by atoms with Crippen molar-refractivity contribution < 1.29 is 40.6 Å². The van der Waals surface area contributed by atoms with Gasteiger partial charge < -0.3 is 15.2 Å². The van der Waals surface area contributed by atoms with E-state index in [1.54, 1.807) is 0 Å². The predicted molar refractivity (Wildman–Crippen MR) is 142 cm³/mol. The molecule has 1 aliphatic carbocycles. The van der Waals surface area contributed by atoms with E-state index in [1.807, 2.05) is 0 Å². The molecule has 2 heterocycles. The number of nitrogens with one attached hydrogen (secondary N) is 2. The number of hydrogen-bond acceptors (Lipinski definition) is 9. The van der Waals surface area contributed by atoms with Crippen molar-refractivity contribution >= 4 is 27.6 Å². The average molecular weight is 615 g/mol. The van der Waals surface area contributed by atoms with Gasteiger partial charge in [-0.1, -0.05) is 0 Å². The molecule has 3 N–H and O–H groups in total. The minimum atomic E-state index is -4.81. The molecule has 0 aliphatic heterocycles. The van der Waals surface area contributed by atoms with Gasteiger partial charge in [0, 0.05) is 24.0 Å². The number of methoxy groups -OCH3 is 1. The van der Waals surface area contributed by atoms with Gasteiger partial charge in [-0.25, -0.2) is 27.5 Å². The van der Waals surface area contributed by atoms with Gasteiger partial charge in [0.05, 0.1) is 47.6 Å². The van der Waals surface area contributed by atoms with Crippen LogP contribution in [0.3, 0.4) is 0 Å². The number of alkyl halides is 3. The standard InChI is InChI=1S/C26H30F4N6O5S/c1-25(2,38)14-36-13-16(11-32-36)22-19(26(28,29)30)12-31-24(34-22)33-21-9-8-18(10-20(21)27)42(39,40)35-17-6-4-15(5-7-17)23(37)41-3/h8-13,15,17,35,38H,4-7,14H2,1-3H3,(H,31,33,34). The lowest BCUT2D eigenvalue weighted by atomic mass is 9.86. The van der Waals surface area contributed by atoms with Gasteiger partial charge in [0.1, 0.15) is 11.4 Å². The third-order valence-electron chi connectivity index (χ3n) is 6.63. The molecule has 16 heteroatoms. The summed E-state index contributed by atoms with van der Waals surface area (Å²) < 4.78 is 90.4. The van der Waals surface area contributed by atoms with Crippen LogP contribution in [0.1, 0.15) is 45.1 Å². The molecule has 228 valence electrons. The Bertz CT molecular complexity index is 1550. The predicted octanol–water partition coefficient (Wildman–Crippen LogP) is 4.02. The Morgan fingerprint density at radius 3 is 2.45 bits per heavy atom. The van der Waals surface area contributed by atoms with Crippen molar-refractivity contribution in [2.75, 3.05) is 12.4 Å². The van der Waals surface area contributed by atoms with Gasteiger partial charge in [0.2, 0.25) is 16.0 Å². The molecule has 42 heavy (non-hydrogen) atoms. The number of sulfonamides is 1. The molecule has 1 fully saturated rings. The number of benzene rings is 1. The average Bonchev–Trinajstić information content (AvgIpc) is 3.35. The first-order valence-electron chi connectivity index (χ1n) is 12.9. The summed E-state index contributed by atoms with van der Waals surface area (Å²) in [7, 11) is -2.81. The maximum Gasteiger partial charge on any atom is 0.419 e. The zero-order valence-electron chi connectivity index (χ0n) is 22.9. The van der Waals surface area contributed by atoms with Gasteiger partial charge in [0.25, 0.3) is 0 Å². The summed E-state index contributed by atoms with van der Waals surface area (Å²) in [5.74, 6) is -2.01. The van der Waals surface area contributed by atoms with Crippen LogP contribution in [-0.2, 0) is 32.3 Å². The van der Waals surface area contributed by atoms with Crippen LogP contribution in [0.2, 0.25) is 0 Å². The normalized spacial score (nSPS) is 18.1. The molecule has 0 atom stereocenters. The Hall–Kier alpha value is -3.63. The molecule has 0 unspecified atom stereocenters. The lowest BCUT2D eigenvalue weighted by Gasteiger charge is -2.27. The molecule has 11 nitrogen and oxygen atoms in total. The van der Waals surface area contributed by atoms with Crippen LogP contribution < -0.4 is 10.0 Å². The number of ether oxygens (including phenoxy) is 1. The first-order valence-corrected chi connectivity index (χ1v) is 14.4. The van der Waals surface area contributed by atoms with Crippen LogP contribution >= 0.6 is 0 Å². The maximum absolute atomic E-state index is 15.0. The molecular formula is C26H30F4N6O5S. The number of carbonyl (C=O) groups excluding carboxylic acids is 1. The van der Waals surface area contributed by atoms with Gasteiger partial charge in [-0.15, -0.1) is 0 Å². The summed E-state index contributed by atoms with van der Waals surface area (Å²) in [6.07, 6.45) is -0.0983. The summed E-state index contributed by atoms with van der Waals surface area (Å²) in [4.78, 5) is 19.0. The van der Waals surface area contributed by atoms with Crippen LogP contribution in [0.15, 0.2) is 41.7 Å². The Morgan fingerprint density at radius 1 is 1.17 bits per heavy atom. The second-order valence-corrected chi connectivity index (χ2v) is 12.4. The molecule has 0 radical (unpaired) electrons. The Balaban J connectivity index is 1.52. The molecule has 3 aromatic rings. The van der Waals surface area contributed by atoms with Gasteiger partial charge in [0.15, 0.2) is 0 Å². The fraction of sp³-hybridized carbons (Fsp3) is 0.462. The number of rotatable bonds is 9. The number of aliphatic hydroxyl groups is 1. The molecule has 0 amide bonds. The number of anilines is 2. The second-order valence-electron chi connectivity index (χ2n) is 10.7. The monoisotopic (exact) mass is 614 g/mol. The van der Waals surface area contributed by atoms with Crippen molar-refractivity contribution in [1.29, 1.82) is 0 Å². The van der Waals surface area contributed by atoms with Crippen LogP contribution in [-0.4, -0.2) is 58.0 Å². The van der Waals surface area contributed by atoms with E-state index in [9.17, 15) is 35.9 Å². The largest absolute Gasteiger partial charge is 0.469 e. The molecule has 0 saturated heterocycles. The van der Waals surface area contributed by atoms with E-state index in [4.69, 9.17) is 4.74 Å². The highest BCUT2D eigenvalue weighted by Gasteiger charge is 2.36. The molecule has 4 rings (SSSR count). The topological polar surface area (TPSA) is 148 Å².